The van der Waals surface area contributed by atoms with Crippen LogP contribution in [0.4, 0.5) is 0 Å². The highest BCUT2D eigenvalue weighted by atomic mass is 32.2. The normalized spacial score (nSPS) is 9.75. The van der Waals surface area contributed by atoms with Crippen LogP contribution in [-0.4, -0.2) is 21.2 Å². The first-order chi connectivity index (χ1) is 7.72. The molecule has 0 bridgehead atoms. The second-order valence-corrected chi connectivity index (χ2v) is 3.69. The van der Waals surface area contributed by atoms with Crippen molar-refractivity contribution in [2.24, 2.45) is 0 Å². The van der Waals surface area contributed by atoms with Crippen molar-refractivity contribution in [3.8, 4) is 0 Å². The first-order valence-electron chi connectivity index (χ1n) is 5.11. The molecule has 16 heavy (non-hydrogen) atoms. The summed E-state index contributed by atoms with van der Waals surface area (Å²) in [6, 6.07) is 0. The van der Waals surface area contributed by atoms with E-state index in [0.717, 1.165) is 11.1 Å². The van der Waals surface area contributed by atoms with Crippen molar-refractivity contribution < 1.29 is 0 Å². The highest BCUT2D eigenvalue weighted by Gasteiger charge is 2.04. The Morgan fingerprint density at radius 3 is 2.69 bits per heavy atom. The van der Waals surface area contributed by atoms with Crippen LogP contribution in [0.3, 0.4) is 0 Å². The lowest BCUT2D eigenvalue weighted by atomic mass is 10.2. The summed E-state index contributed by atoms with van der Waals surface area (Å²) in [5.41, 5.74) is 1.55. The maximum absolute atomic E-state index is 11.4. The lowest BCUT2D eigenvalue weighted by molar-refractivity contribution is 0.996. The Balaban J connectivity index is 0.000000606. The van der Waals surface area contributed by atoms with E-state index in [1.807, 2.05) is 27.0 Å². The van der Waals surface area contributed by atoms with Gasteiger partial charge in [-0.2, -0.15) is 0 Å². The summed E-state index contributed by atoms with van der Waals surface area (Å²) in [5.74, 6) is 0. The lowest BCUT2D eigenvalue weighted by Gasteiger charge is -2.00. The van der Waals surface area contributed by atoms with Crippen LogP contribution < -0.4 is 5.56 Å². The van der Waals surface area contributed by atoms with Crippen LogP contribution in [0.1, 0.15) is 19.4 Å². The second kappa shape index (κ2) is 5.65. The van der Waals surface area contributed by atoms with Crippen LogP contribution in [0, 0.1) is 6.92 Å². The fraction of sp³-hybridized carbons (Fsp3) is 0.364. The van der Waals surface area contributed by atoms with E-state index < -0.39 is 0 Å². The van der Waals surface area contributed by atoms with Crippen LogP contribution in [-0.2, 0) is 0 Å². The lowest BCUT2D eigenvalue weighted by Crippen LogP contribution is -2.07. The first kappa shape index (κ1) is 12.7. The van der Waals surface area contributed by atoms with Crippen LogP contribution in [0.25, 0.3) is 10.9 Å². The number of pyridine rings is 1. The molecular formula is C11H15N3OS. The predicted molar refractivity (Wildman–Crippen MR) is 68.0 cm³/mol. The number of nitrogens with one attached hydrogen (secondary N) is 1. The molecule has 2 aromatic rings. The molecule has 2 heterocycles. The van der Waals surface area contributed by atoms with Gasteiger partial charge in [-0.3, -0.25) is 4.79 Å². The third-order valence-electron chi connectivity index (χ3n) is 1.99. The summed E-state index contributed by atoms with van der Waals surface area (Å²) in [6.45, 7) is 5.91. The van der Waals surface area contributed by atoms with Crippen LogP contribution in [0.2, 0.25) is 0 Å². The summed E-state index contributed by atoms with van der Waals surface area (Å²) in [5, 5.41) is 1.23. The Morgan fingerprint density at radius 2 is 2.06 bits per heavy atom. The summed E-state index contributed by atoms with van der Waals surface area (Å²) in [7, 11) is 0. The number of aryl methyl sites for hydroxylation is 1. The smallest absolute Gasteiger partial charge is 0.258 e. The molecule has 0 aliphatic carbocycles. The number of aromatic nitrogens is 3. The van der Waals surface area contributed by atoms with E-state index in [0.29, 0.717) is 10.5 Å². The Kier molecular flexibility index (Phi) is 4.49. The largest absolute Gasteiger partial charge is 0.328 e. The average molecular weight is 237 g/mol. The second-order valence-electron chi connectivity index (χ2n) is 2.92. The van der Waals surface area contributed by atoms with Crippen molar-refractivity contribution in [3.05, 3.63) is 28.3 Å². The Hall–Kier alpha value is -1.36. The predicted octanol–water partition coefficient (Wildman–Crippen LogP) is 2.37. The molecule has 0 saturated carbocycles. The van der Waals surface area contributed by atoms with Crippen molar-refractivity contribution >= 4 is 22.7 Å². The topological polar surface area (TPSA) is 58.6 Å². The molecule has 0 atom stereocenters. The molecule has 5 heteroatoms. The minimum Gasteiger partial charge on any atom is -0.328 e. The van der Waals surface area contributed by atoms with Gasteiger partial charge in [-0.05, 0) is 18.7 Å². The van der Waals surface area contributed by atoms with Gasteiger partial charge in [-0.15, -0.1) is 0 Å². The molecule has 0 saturated heterocycles. The van der Waals surface area contributed by atoms with Gasteiger partial charge in [0, 0.05) is 12.4 Å². The van der Waals surface area contributed by atoms with Gasteiger partial charge in [0.1, 0.15) is 0 Å². The zero-order valence-corrected chi connectivity index (χ0v) is 10.7. The molecule has 0 amide bonds. The molecule has 86 valence electrons. The molecule has 0 aromatic carbocycles. The van der Waals surface area contributed by atoms with E-state index in [9.17, 15) is 4.79 Å². The third-order valence-corrected chi connectivity index (χ3v) is 2.55. The molecule has 0 spiro atoms. The number of nitrogens with zero attached hydrogens (tertiary/aromatic N) is 2. The number of hydrogen-bond donors (Lipinski definition) is 1. The van der Waals surface area contributed by atoms with E-state index in [1.165, 1.54) is 11.8 Å². The summed E-state index contributed by atoms with van der Waals surface area (Å²) < 4.78 is 0. The number of H-pyrrole nitrogens is 1. The molecule has 0 fully saturated rings. The quantitative estimate of drug-likeness (QED) is 0.611. The molecule has 0 unspecified atom stereocenters. The van der Waals surface area contributed by atoms with E-state index >= 15 is 0 Å². The number of rotatable bonds is 1. The average Bonchev–Trinajstić information content (AvgIpc) is 2.36. The molecule has 0 radical (unpaired) electrons. The fourth-order valence-electron chi connectivity index (χ4n) is 1.25. The molecule has 4 nitrogen and oxygen atoms in total. The van der Waals surface area contributed by atoms with Gasteiger partial charge < -0.3 is 4.98 Å². The first-order valence-corrected chi connectivity index (χ1v) is 6.34. The van der Waals surface area contributed by atoms with Gasteiger partial charge >= 0.3 is 0 Å². The van der Waals surface area contributed by atoms with E-state index in [-0.39, 0.29) is 5.56 Å². The number of thioether (sulfide) groups is 1. The van der Waals surface area contributed by atoms with Crippen molar-refractivity contribution in [3.63, 3.8) is 0 Å². The third kappa shape index (κ3) is 2.41. The van der Waals surface area contributed by atoms with Crippen molar-refractivity contribution in [1.82, 2.24) is 15.0 Å². The molecular weight excluding hydrogens is 222 g/mol. The molecule has 0 aliphatic rings. The van der Waals surface area contributed by atoms with Gasteiger partial charge in [-0.25, -0.2) is 9.97 Å². The summed E-state index contributed by atoms with van der Waals surface area (Å²) in [4.78, 5) is 22.4. The van der Waals surface area contributed by atoms with Crippen LogP contribution in [0.15, 0.2) is 22.3 Å². The number of aromatic amines is 1. The Morgan fingerprint density at radius 1 is 1.38 bits per heavy atom. The number of fused-ring (bicyclic) bond motifs is 1. The molecule has 2 rings (SSSR count). The van der Waals surface area contributed by atoms with Gasteiger partial charge in [0.05, 0.1) is 10.9 Å². The zero-order chi connectivity index (χ0) is 12.1. The minimum absolute atomic E-state index is 0.141. The monoisotopic (exact) mass is 237 g/mol. The zero-order valence-electron chi connectivity index (χ0n) is 9.87. The highest BCUT2D eigenvalue weighted by molar-refractivity contribution is 7.98. The molecule has 2 aromatic heterocycles. The van der Waals surface area contributed by atoms with E-state index in [2.05, 4.69) is 15.0 Å². The maximum Gasteiger partial charge on any atom is 0.258 e. The van der Waals surface area contributed by atoms with E-state index in [1.54, 1.807) is 12.4 Å². The Labute approximate surface area is 98.5 Å². The van der Waals surface area contributed by atoms with Crippen molar-refractivity contribution in [2.75, 3.05) is 6.26 Å². The van der Waals surface area contributed by atoms with Crippen LogP contribution in [0.5, 0.6) is 0 Å². The van der Waals surface area contributed by atoms with Crippen molar-refractivity contribution in [1.29, 1.82) is 0 Å². The van der Waals surface area contributed by atoms with E-state index in [4.69, 9.17) is 0 Å². The highest BCUT2D eigenvalue weighted by Crippen LogP contribution is 2.14. The minimum atomic E-state index is -0.141. The van der Waals surface area contributed by atoms with Crippen molar-refractivity contribution in [2.45, 2.75) is 25.9 Å². The standard InChI is InChI=1S/C9H9N3OS.C2H6/c1-5-3-10-8(13)6-4-11-9(14-2)12-7(5)6;1-2/h3-4H,1-2H3,(H,10,13);1-2H3. The molecule has 1 N–H and O–H groups in total. The molecule has 0 aliphatic heterocycles. The SMILES string of the molecule is CC.CSc1ncc2c(=O)[nH]cc(C)c2n1. The Bertz CT molecular complexity index is 536. The van der Waals surface area contributed by atoms with Gasteiger partial charge in [0.15, 0.2) is 5.16 Å². The summed E-state index contributed by atoms with van der Waals surface area (Å²) in [6.07, 6.45) is 5.14. The maximum atomic E-state index is 11.4. The summed E-state index contributed by atoms with van der Waals surface area (Å²) >= 11 is 1.46. The fourth-order valence-corrected chi connectivity index (χ4v) is 1.59. The van der Waals surface area contributed by atoms with Gasteiger partial charge in [0.25, 0.3) is 5.56 Å². The number of hydrogen-bond acceptors (Lipinski definition) is 4. The van der Waals surface area contributed by atoms with Gasteiger partial charge in [-0.1, -0.05) is 25.6 Å². The van der Waals surface area contributed by atoms with Gasteiger partial charge in [0.2, 0.25) is 0 Å². The van der Waals surface area contributed by atoms with Crippen LogP contribution >= 0.6 is 11.8 Å².